The quantitative estimate of drug-likeness (QED) is 0.363. The number of aromatic nitrogens is 2. The first kappa shape index (κ1) is 25.9. The summed E-state index contributed by atoms with van der Waals surface area (Å²) in [4.78, 5) is 24.4. The molecule has 2 fully saturated rings. The van der Waals surface area contributed by atoms with Gasteiger partial charge in [0, 0.05) is 23.2 Å². The Morgan fingerprint density at radius 3 is 2.34 bits per heavy atom. The first-order valence-electron chi connectivity index (χ1n) is 12.7. The summed E-state index contributed by atoms with van der Waals surface area (Å²) in [5.74, 6) is -1.38. The Kier molecular flexibility index (Phi) is 6.97. The number of aromatic carboxylic acids is 1. The molecule has 0 spiro atoms. The maximum Gasteiger partial charge on any atom is 0.356 e. The molecule has 0 saturated heterocycles. The maximum atomic E-state index is 13.4. The third kappa shape index (κ3) is 5.44. The van der Waals surface area contributed by atoms with E-state index in [0.717, 1.165) is 44.1 Å². The van der Waals surface area contributed by atoms with Crippen LogP contribution in [0.25, 0.3) is 5.69 Å². The van der Waals surface area contributed by atoms with Crippen molar-refractivity contribution in [2.24, 2.45) is 5.92 Å². The minimum Gasteiger partial charge on any atom is -0.476 e. The van der Waals surface area contributed by atoms with Gasteiger partial charge >= 0.3 is 5.97 Å². The Bertz CT molecular complexity index is 1490. The van der Waals surface area contributed by atoms with Gasteiger partial charge in [0.2, 0.25) is 21.8 Å². The van der Waals surface area contributed by atoms with Gasteiger partial charge in [-0.2, -0.15) is 9.78 Å². The fourth-order valence-corrected chi connectivity index (χ4v) is 6.02. The molecule has 2 saturated carbocycles. The number of nitrogens with zero attached hydrogens (tertiary/aromatic N) is 2. The van der Waals surface area contributed by atoms with Gasteiger partial charge < -0.3 is 15.2 Å². The van der Waals surface area contributed by atoms with Crippen LogP contribution in [-0.2, 0) is 14.8 Å². The zero-order chi connectivity index (χ0) is 27.0. The van der Waals surface area contributed by atoms with Crippen molar-refractivity contribution in [1.82, 2.24) is 14.5 Å². The van der Waals surface area contributed by atoms with E-state index in [9.17, 15) is 23.1 Å². The molecule has 38 heavy (non-hydrogen) atoms. The van der Waals surface area contributed by atoms with E-state index in [2.05, 4.69) is 15.1 Å². The number of carbonyl (C=O) groups is 2. The van der Waals surface area contributed by atoms with E-state index >= 15 is 0 Å². The molecule has 0 atom stereocenters. The molecule has 3 N–H and O–H groups in total. The first-order valence-corrected chi connectivity index (χ1v) is 14.2. The van der Waals surface area contributed by atoms with Gasteiger partial charge in [0.1, 0.15) is 10.6 Å². The molecular weight excluding hydrogens is 508 g/mol. The second kappa shape index (κ2) is 10.2. The van der Waals surface area contributed by atoms with Crippen LogP contribution in [0.15, 0.2) is 47.4 Å². The normalized spacial score (nSPS) is 15.9. The van der Waals surface area contributed by atoms with Crippen LogP contribution in [0.3, 0.4) is 0 Å². The number of benzene rings is 2. The Labute approximate surface area is 221 Å². The van der Waals surface area contributed by atoms with Crippen molar-refractivity contribution in [3.8, 4) is 17.3 Å². The van der Waals surface area contributed by atoms with E-state index in [1.807, 2.05) is 19.1 Å². The third-order valence-corrected chi connectivity index (χ3v) is 8.42. The lowest BCUT2D eigenvalue weighted by Crippen LogP contribution is -2.26. The van der Waals surface area contributed by atoms with Crippen LogP contribution < -0.4 is 14.8 Å². The second-order valence-electron chi connectivity index (χ2n) is 9.96. The van der Waals surface area contributed by atoms with Crippen LogP contribution in [-0.4, -0.2) is 41.2 Å². The number of amides is 1. The number of carboxylic acid groups (broad SMARTS) is 1. The van der Waals surface area contributed by atoms with E-state index in [0.29, 0.717) is 11.4 Å². The predicted molar refractivity (Wildman–Crippen MR) is 140 cm³/mol. The number of hydrogen-bond donors (Lipinski definition) is 3. The number of carboxylic acids is 1. The molecular formula is C27H30N4O6S. The molecule has 200 valence electrons. The number of aryl methyl sites for hydroxylation is 1. The summed E-state index contributed by atoms with van der Waals surface area (Å²) in [7, 11) is -4.00. The van der Waals surface area contributed by atoms with Crippen molar-refractivity contribution in [2.45, 2.75) is 63.3 Å². The van der Waals surface area contributed by atoms with E-state index in [1.54, 1.807) is 25.1 Å². The molecule has 5 rings (SSSR count). The van der Waals surface area contributed by atoms with Gasteiger partial charge in [-0.3, -0.25) is 4.79 Å². The van der Waals surface area contributed by atoms with Crippen molar-refractivity contribution in [3.63, 3.8) is 0 Å². The zero-order valence-electron chi connectivity index (χ0n) is 21.2. The van der Waals surface area contributed by atoms with Gasteiger partial charge in [-0.1, -0.05) is 30.5 Å². The summed E-state index contributed by atoms with van der Waals surface area (Å²) in [6, 6.07) is 11.5. The molecule has 11 heteroatoms. The number of carbonyl (C=O) groups excluding carboxylic acids is 1. The summed E-state index contributed by atoms with van der Waals surface area (Å²) in [5, 5.41) is 16.8. The lowest BCUT2D eigenvalue weighted by atomic mass is 10.1. The summed E-state index contributed by atoms with van der Waals surface area (Å²) >= 11 is 0. The smallest absolute Gasteiger partial charge is 0.356 e. The van der Waals surface area contributed by atoms with Crippen molar-refractivity contribution in [1.29, 1.82) is 0 Å². The molecule has 2 aliphatic rings. The van der Waals surface area contributed by atoms with Crippen LogP contribution in [0.4, 0.5) is 5.69 Å². The Morgan fingerprint density at radius 2 is 1.71 bits per heavy atom. The van der Waals surface area contributed by atoms with E-state index in [4.69, 9.17) is 4.74 Å². The van der Waals surface area contributed by atoms with E-state index < -0.39 is 16.0 Å². The molecule has 0 unspecified atom stereocenters. The Morgan fingerprint density at radius 1 is 1.03 bits per heavy atom. The largest absolute Gasteiger partial charge is 0.476 e. The van der Waals surface area contributed by atoms with Crippen molar-refractivity contribution in [3.05, 3.63) is 59.3 Å². The average Bonchev–Trinajstić information content (AvgIpc) is 3.37. The number of rotatable bonds is 9. The lowest BCUT2D eigenvalue weighted by molar-refractivity contribution is -0.119. The summed E-state index contributed by atoms with van der Waals surface area (Å²) in [6.07, 6.45) is 5.12. The van der Waals surface area contributed by atoms with Crippen LogP contribution >= 0.6 is 0 Å². The van der Waals surface area contributed by atoms with Crippen LogP contribution in [0, 0.1) is 19.8 Å². The number of anilines is 1. The van der Waals surface area contributed by atoms with Gasteiger partial charge in [0.05, 0.1) is 5.69 Å². The van der Waals surface area contributed by atoms with Crippen molar-refractivity contribution < 1.29 is 27.9 Å². The first-order chi connectivity index (χ1) is 18.1. The van der Waals surface area contributed by atoms with Crippen molar-refractivity contribution in [2.75, 3.05) is 5.32 Å². The molecule has 0 radical (unpaired) electrons. The lowest BCUT2D eigenvalue weighted by Gasteiger charge is -2.16. The molecule has 3 aromatic rings. The molecule has 1 aromatic heterocycles. The van der Waals surface area contributed by atoms with Crippen LogP contribution in [0.1, 0.15) is 60.1 Å². The van der Waals surface area contributed by atoms with Crippen LogP contribution in [0.5, 0.6) is 11.6 Å². The highest BCUT2D eigenvalue weighted by molar-refractivity contribution is 7.89. The average molecular weight is 539 g/mol. The highest BCUT2D eigenvalue weighted by Gasteiger charge is 2.32. The highest BCUT2D eigenvalue weighted by atomic mass is 32.2. The number of ether oxygens (including phenoxy) is 1. The SMILES string of the molecule is Cc1ccc(-n2nc(C(=O)O)c(C)c2Oc2ccc(NC(=O)C3CCCC3)cc2S(=O)(=O)NC2CC2)cc1. The minimum atomic E-state index is -4.00. The van der Waals surface area contributed by atoms with Crippen LogP contribution in [0.2, 0.25) is 0 Å². The standard InChI is InChI=1S/C27H30N4O6S/c1-16-7-12-21(13-8-16)31-26(17(2)24(29-31)27(33)34)37-22-14-11-20(28-25(32)18-5-3-4-6-18)15-23(22)38(35,36)30-19-9-10-19/h7-8,11-15,18-19,30H,3-6,9-10H2,1-2H3,(H,28,32)(H,33,34). The van der Waals surface area contributed by atoms with Gasteiger partial charge in [0.25, 0.3) is 0 Å². The van der Waals surface area contributed by atoms with Gasteiger partial charge in [0.15, 0.2) is 5.69 Å². The van der Waals surface area contributed by atoms with Gasteiger partial charge in [-0.25, -0.2) is 17.9 Å². The molecule has 0 bridgehead atoms. The molecule has 0 aliphatic heterocycles. The van der Waals surface area contributed by atoms with Crippen molar-refractivity contribution >= 4 is 27.6 Å². The number of sulfonamides is 1. The van der Waals surface area contributed by atoms with Gasteiger partial charge in [-0.15, -0.1) is 0 Å². The summed E-state index contributed by atoms with van der Waals surface area (Å²) in [5.41, 5.74) is 1.95. The minimum absolute atomic E-state index is 0.00897. The Hall–Kier alpha value is -3.70. The molecule has 1 amide bonds. The molecule has 10 nitrogen and oxygen atoms in total. The summed E-state index contributed by atoms with van der Waals surface area (Å²) < 4.78 is 36.9. The second-order valence-corrected chi connectivity index (χ2v) is 11.6. The number of hydrogen-bond acceptors (Lipinski definition) is 6. The Balaban J connectivity index is 1.55. The molecule has 2 aliphatic carbocycles. The third-order valence-electron chi connectivity index (χ3n) is 6.88. The fourth-order valence-electron chi connectivity index (χ4n) is 4.57. The molecule has 2 aromatic carbocycles. The predicted octanol–water partition coefficient (Wildman–Crippen LogP) is 4.55. The maximum absolute atomic E-state index is 13.4. The van der Waals surface area contributed by atoms with Gasteiger partial charge in [-0.05, 0) is 69.9 Å². The number of nitrogens with one attached hydrogen (secondary N) is 2. The van der Waals surface area contributed by atoms with E-state index in [-0.39, 0.29) is 45.6 Å². The molecule has 1 heterocycles. The zero-order valence-corrected chi connectivity index (χ0v) is 22.0. The highest BCUT2D eigenvalue weighted by Crippen LogP contribution is 2.36. The van der Waals surface area contributed by atoms with E-state index in [1.165, 1.54) is 16.8 Å². The monoisotopic (exact) mass is 538 g/mol. The summed E-state index contributed by atoms with van der Waals surface area (Å²) in [6.45, 7) is 3.48. The fraction of sp³-hybridized carbons (Fsp3) is 0.370. The topological polar surface area (TPSA) is 140 Å².